The van der Waals surface area contributed by atoms with Crippen molar-refractivity contribution in [3.8, 4) is 28.2 Å². The van der Waals surface area contributed by atoms with Gasteiger partial charge in [0.2, 0.25) is 0 Å². The van der Waals surface area contributed by atoms with Gasteiger partial charge in [-0.2, -0.15) is 0 Å². The first-order valence-corrected chi connectivity index (χ1v) is 12.9. The van der Waals surface area contributed by atoms with E-state index in [2.05, 4.69) is 88.2 Å². The smallest absolute Gasteiger partial charge is 0.137 e. The second-order valence-corrected chi connectivity index (χ2v) is 9.62. The molecule has 6 aromatic rings. The van der Waals surface area contributed by atoms with E-state index in [-0.39, 0.29) is 0 Å². The van der Waals surface area contributed by atoms with E-state index in [0.29, 0.717) is 0 Å². The Morgan fingerprint density at radius 1 is 0.816 bits per heavy atom. The van der Waals surface area contributed by atoms with Crippen LogP contribution in [-0.4, -0.2) is 14.5 Å². The first-order chi connectivity index (χ1) is 18.8. The van der Waals surface area contributed by atoms with E-state index in [1.807, 2.05) is 42.7 Å². The summed E-state index contributed by atoms with van der Waals surface area (Å²) in [6.45, 7) is 4.10. The zero-order chi connectivity index (χ0) is 25.5. The normalized spacial score (nSPS) is 12.1. The van der Waals surface area contributed by atoms with Gasteiger partial charge < -0.3 is 5.32 Å². The van der Waals surface area contributed by atoms with Crippen LogP contribution in [0, 0.1) is 0 Å². The number of hydrogen-bond donors (Lipinski definition) is 1. The Balaban J connectivity index is 1.42. The molecule has 4 heteroatoms. The van der Waals surface area contributed by atoms with Crippen LogP contribution >= 0.6 is 0 Å². The fourth-order valence-corrected chi connectivity index (χ4v) is 5.61. The largest absolute Gasteiger partial charge is 0.355 e. The van der Waals surface area contributed by atoms with Crippen LogP contribution in [-0.2, 0) is 12.8 Å². The van der Waals surface area contributed by atoms with Gasteiger partial charge in [0, 0.05) is 52.0 Å². The quantitative estimate of drug-likeness (QED) is 0.265. The Morgan fingerprint density at radius 3 is 2.45 bits per heavy atom. The van der Waals surface area contributed by atoms with Gasteiger partial charge in [-0.3, -0.25) is 9.55 Å². The molecule has 7 rings (SSSR count). The molecule has 0 saturated carbocycles. The molecule has 3 aromatic heterocycles. The van der Waals surface area contributed by atoms with Crippen molar-refractivity contribution in [3.63, 3.8) is 0 Å². The zero-order valence-corrected chi connectivity index (χ0v) is 20.9. The maximum Gasteiger partial charge on any atom is 0.137 e. The van der Waals surface area contributed by atoms with Gasteiger partial charge in [-0.25, -0.2) is 4.98 Å². The van der Waals surface area contributed by atoms with Crippen LogP contribution in [0.3, 0.4) is 0 Å². The van der Waals surface area contributed by atoms with Crippen LogP contribution in [0.1, 0.15) is 16.7 Å². The van der Waals surface area contributed by atoms with Crippen molar-refractivity contribution in [1.29, 1.82) is 0 Å². The fourth-order valence-electron chi connectivity index (χ4n) is 5.61. The van der Waals surface area contributed by atoms with Gasteiger partial charge in [0.05, 0.1) is 11.2 Å². The number of rotatable bonds is 5. The molecule has 4 nitrogen and oxygen atoms in total. The monoisotopic (exact) mass is 490 g/mol. The van der Waals surface area contributed by atoms with Crippen LogP contribution in [0.2, 0.25) is 0 Å². The van der Waals surface area contributed by atoms with Crippen molar-refractivity contribution in [2.75, 3.05) is 5.32 Å². The molecule has 0 fully saturated rings. The fraction of sp³-hybridized carbons (Fsp3) is 0.0588. The van der Waals surface area contributed by atoms with Crippen molar-refractivity contribution in [2.24, 2.45) is 0 Å². The lowest BCUT2D eigenvalue weighted by molar-refractivity contribution is 0.927. The molecule has 0 amide bonds. The summed E-state index contributed by atoms with van der Waals surface area (Å²) >= 11 is 0. The van der Waals surface area contributed by atoms with Gasteiger partial charge in [0.1, 0.15) is 5.82 Å². The predicted octanol–water partition coefficient (Wildman–Crippen LogP) is 8.24. The number of fused-ring (bicyclic) bond motifs is 5. The summed E-state index contributed by atoms with van der Waals surface area (Å²) in [6.07, 6.45) is 9.54. The maximum atomic E-state index is 4.96. The lowest BCUT2D eigenvalue weighted by atomic mass is 9.87. The van der Waals surface area contributed by atoms with Gasteiger partial charge in [-0.05, 0) is 78.1 Å². The minimum absolute atomic E-state index is 0.910. The van der Waals surface area contributed by atoms with E-state index in [1.54, 1.807) is 6.20 Å². The number of aryl methyl sites for hydroxylation is 2. The molecule has 0 unspecified atom stereocenters. The highest BCUT2D eigenvalue weighted by Crippen LogP contribution is 2.44. The van der Waals surface area contributed by atoms with Gasteiger partial charge in [-0.1, -0.05) is 55.1 Å². The summed E-state index contributed by atoms with van der Waals surface area (Å²) in [5.74, 6) is 0.910. The molecule has 1 aliphatic carbocycles. The van der Waals surface area contributed by atoms with E-state index < -0.39 is 0 Å². The highest BCUT2D eigenvalue weighted by atomic mass is 15.1. The summed E-state index contributed by atoms with van der Waals surface area (Å²) in [4.78, 5) is 9.22. The Labute approximate surface area is 222 Å². The summed E-state index contributed by atoms with van der Waals surface area (Å²) in [5, 5.41) is 4.91. The standard InChI is InChI=1S/C34H26N4/c1-2-23-19-24-14-16-29-28-12-6-7-13-32(28)38(33-17-15-26(22-36-33)25-9-8-18-35-21-25)34(29)30(24)20-31(23)37-27-10-4-3-5-11-27/h2-13,15,17-22,37H,1,14,16H2. The van der Waals surface area contributed by atoms with Crippen molar-refractivity contribution >= 4 is 28.4 Å². The summed E-state index contributed by atoms with van der Waals surface area (Å²) in [5.41, 5.74) is 11.7. The second-order valence-electron chi connectivity index (χ2n) is 9.62. The number of anilines is 2. The van der Waals surface area contributed by atoms with Crippen molar-refractivity contribution in [1.82, 2.24) is 14.5 Å². The van der Waals surface area contributed by atoms with Crippen LogP contribution in [0.4, 0.5) is 11.4 Å². The highest BCUT2D eigenvalue weighted by molar-refractivity contribution is 5.96. The highest BCUT2D eigenvalue weighted by Gasteiger charge is 2.26. The number of pyridine rings is 2. The van der Waals surface area contributed by atoms with Crippen LogP contribution < -0.4 is 5.32 Å². The molecule has 0 aliphatic heterocycles. The van der Waals surface area contributed by atoms with Crippen molar-refractivity contribution in [3.05, 3.63) is 133 Å². The minimum atomic E-state index is 0.910. The van der Waals surface area contributed by atoms with Gasteiger partial charge in [0.15, 0.2) is 0 Å². The Kier molecular flexibility index (Phi) is 5.37. The number of nitrogens with zero attached hydrogens (tertiary/aromatic N) is 3. The average molecular weight is 491 g/mol. The number of para-hydroxylation sites is 2. The van der Waals surface area contributed by atoms with Gasteiger partial charge in [-0.15, -0.1) is 0 Å². The van der Waals surface area contributed by atoms with E-state index in [4.69, 9.17) is 4.98 Å². The Bertz CT molecular complexity index is 1780. The lowest BCUT2D eigenvalue weighted by Gasteiger charge is -2.23. The third-order valence-corrected chi connectivity index (χ3v) is 7.40. The van der Waals surface area contributed by atoms with Crippen molar-refractivity contribution in [2.45, 2.75) is 12.8 Å². The number of hydrogen-bond acceptors (Lipinski definition) is 3. The van der Waals surface area contributed by atoms with Crippen molar-refractivity contribution < 1.29 is 0 Å². The van der Waals surface area contributed by atoms with E-state index in [1.165, 1.54) is 33.3 Å². The summed E-state index contributed by atoms with van der Waals surface area (Å²) in [6, 6.07) is 31.8. The van der Waals surface area contributed by atoms with Crippen LogP contribution in [0.15, 0.2) is 116 Å². The zero-order valence-electron chi connectivity index (χ0n) is 20.9. The Morgan fingerprint density at radius 2 is 1.66 bits per heavy atom. The molecule has 182 valence electrons. The van der Waals surface area contributed by atoms with Gasteiger partial charge >= 0.3 is 0 Å². The molecule has 3 aromatic carbocycles. The molecule has 0 bridgehead atoms. The van der Waals surface area contributed by atoms with Crippen LogP contribution in [0.25, 0.3) is 45.2 Å². The summed E-state index contributed by atoms with van der Waals surface area (Å²) < 4.78 is 2.33. The first-order valence-electron chi connectivity index (χ1n) is 12.9. The molecule has 0 spiro atoms. The average Bonchev–Trinajstić information content (AvgIpc) is 3.33. The molecular formula is C34H26N4. The number of benzene rings is 3. The minimum Gasteiger partial charge on any atom is -0.355 e. The molecule has 3 heterocycles. The predicted molar refractivity (Wildman–Crippen MR) is 157 cm³/mol. The SMILES string of the molecule is C=Cc1cc2c(cc1Nc1ccccc1)-c1c(c3ccccc3n1-c1ccc(-c3cccnc3)cn1)CC2. The molecule has 1 aliphatic rings. The number of aromatic nitrogens is 3. The maximum absolute atomic E-state index is 4.96. The second kappa shape index (κ2) is 9.16. The Hall–Kier alpha value is -4.96. The van der Waals surface area contributed by atoms with Crippen LogP contribution in [0.5, 0.6) is 0 Å². The lowest BCUT2D eigenvalue weighted by Crippen LogP contribution is -2.09. The first kappa shape index (κ1) is 22.3. The molecule has 38 heavy (non-hydrogen) atoms. The molecule has 1 N–H and O–H groups in total. The third kappa shape index (κ3) is 3.70. The summed E-state index contributed by atoms with van der Waals surface area (Å²) in [7, 11) is 0. The third-order valence-electron chi connectivity index (χ3n) is 7.40. The molecule has 0 saturated heterocycles. The van der Waals surface area contributed by atoms with E-state index >= 15 is 0 Å². The molecule has 0 atom stereocenters. The van der Waals surface area contributed by atoms with Gasteiger partial charge in [0.25, 0.3) is 0 Å². The topological polar surface area (TPSA) is 42.7 Å². The molecule has 0 radical (unpaired) electrons. The number of nitrogens with one attached hydrogen (secondary N) is 1. The molecular weight excluding hydrogens is 464 g/mol. The van der Waals surface area contributed by atoms with E-state index in [0.717, 1.165) is 46.7 Å². The van der Waals surface area contributed by atoms with E-state index in [9.17, 15) is 0 Å².